The van der Waals surface area contributed by atoms with Crippen LogP contribution in [-0.4, -0.2) is 28.9 Å². The van der Waals surface area contributed by atoms with Crippen LogP contribution >= 0.6 is 15.9 Å². The standard InChI is InChI=1S/C12H19BrN4O/c1-8-4-3-5-17(9(8)6-14)10-7-15-16(2)12(18)11(10)13/h7-9H,3-6,14H2,1-2H3. The molecule has 1 aromatic heterocycles. The minimum absolute atomic E-state index is 0.110. The molecule has 1 fully saturated rings. The second kappa shape index (κ2) is 5.40. The van der Waals surface area contributed by atoms with Crippen LogP contribution in [0.1, 0.15) is 19.8 Å². The molecule has 1 aliphatic heterocycles. The van der Waals surface area contributed by atoms with Gasteiger partial charge in [0.25, 0.3) is 5.56 Å². The van der Waals surface area contributed by atoms with E-state index in [9.17, 15) is 4.79 Å². The van der Waals surface area contributed by atoms with Crippen molar-refractivity contribution in [3.8, 4) is 0 Å². The van der Waals surface area contributed by atoms with Crippen molar-refractivity contribution in [2.75, 3.05) is 18.0 Å². The first-order valence-corrected chi connectivity index (χ1v) is 7.04. The number of aromatic nitrogens is 2. The Kier molecular flexibility index (Phi) is 4.07. The molecule has 18 heavy (non-hydrogen) atoms. The predicted octanol–water partition coefficient (Wildman–Crippen LogP) is 1.11. The minimum atomic E-state index is -0.110. The van der Waals surface area contributed by atoms with E-state index in [0.717, 1.165) is 18.7 Å². The Hall–Kier alpha value is -0.880. The smallest absolute Gasteiger partial charge is 0.282 e. The summed E-state index contributed by atoms with van der Waals surface area (Å²) in [5, 5.41) is 4.10. The maximum Gasteiger partial charge on any atom is 0.282 e. The van der Waals surface area contributed by atoms with Gasteiger partial charge < -0.3 is 10.6 Å². The van der Waals surface area contributed by atoms with Crippen LogP contribution < -0.4 is 16.2 Å². The van der Waals surface area contributed by atoms with Crippen LogP contribution in [0.2, 0.25) is 0 Å². The number of hydrogen-bond donors (Lipinski definition) is 1. The zero-order valence-corrected chi connectivity index (χ0v) is 12.4. The molecule has 0 spiro atoms. The topological polar surface area (TPSA) is 64.2 Å². The largest absolute Gasteiger partial charge is 0.365 e. The van der Waals surface area contributed by atoms with Gasteiger partial charge in [-0.15, -0.1) is 0 Å². The summed E-state index contributed by atoms with van der Waals surface area (Å²) in [7, 11) is 1.65. The Bertz CT molecular complexity index is 487. The molecular formula is C12H19BrN4O. The summed E-state index contributed by atoms with van der Waals surface area (Å²) in [5.41, 5.74) is 6.63. The Morgan fingerprint density at radius 2 is 2.33 bits per heavy atom. The van der Waals surface area contributed by atoms with Gasteiger partial charge in [0.1, 0.15) is 4.47 Å². The molecule has 2 heterocycles. The second-order valence-electron chi connectivity index (χ2n) is 4.89. The molecule has 2 rings (SSSR count). The predicted molar refractivity (Wildman–Crippen MR) is 75.8 cm³/mol. The highest BCUT2D eigenvalue weighted by atomic mass is 79.9. The maximum atomic E-state index is 11.9. The number of rotatable bonds is 2. The summed E-state index contributed by atoms with van der Waals surface area (Å²) >= 11 is 3.39. The number of hydrogen-bond acceptors (Lipinski definition) is 4. The number of piperidine rings is 1. The van der Waals surface area contributed by atoms with Gasteiger partial charge in [0.2, 0.25) is 0 Å². The van der Waals surface area contributed by atoms with E-state index in [0.29, 0.717) is 16.9 Å². The van der Waals surface area contributed by atoms with Crippen molar-refractivity contribution in [2.24, 2.45) is 18.7 Å². The lowest BCUT2D eigenvalue weighted by Gasteiger charge is -2.41. The molecule has 2 N–H and O–H groups in total. The lowest BCUT2D eigenvalue weighted by atomic mass is 9.90. The molecule has 2 unspecified atom stereocenters. The Labute approximate surface area is 115 Å². The Morgan fingerprint density at radius 3 is 3.00 bits per heavy atom. The fraction of sp³-hybridized carbons (Fsp3) is 0.667. The van der Waals surface area contributed by atoms with Crippen LogP contribution in [0.3, 0.4) is 0 Å². The molecule has 1 aliphatic rings. The van der Waals surface area contributed by atoms with Crippen LogP contribution in [0.15, 0.2) is 15.5 Å². The van der Waals surface area contributed by atoms with Crippen molar-refractivity contribution in [3.05, 3.63) is 21.0 Å². The number of anilines is 1. The molecule has 0 amide bonds. The Balaban J connectivity index is 2.41. The first kappa shape index (κ1) is 13.5. The van der Waals surface area contributed by atoms with Gasteiger partial charge in [0.15, 0.2) is 0 Å². The molecule has 100 valence electrons. The molecule has 2 atom stereocenters. The average Bonchev–Trinajstić information content (AvgIpc) is 2.36. The van der Waals surface area contributed by atoms with Gasteiger partial charge >= 0.3 is 0 Å². The lowest BCUT2D eigenvalue weighted by Crippen LogP contribution is -2.49. The van der Waals surface area contributed by atoms with Gasteiger partial charge in [0.05, 0.1) is 11.9 Å². The third kappa shape index (κ3) is 2.31. The van der Waals surface area contributed by atoms with E-state index in [1.54, 1.807) is 13.2 Å². The molecule has 1 saturated heterocycles. The van der Waals surface area contributed by atoms with E-state index < -0.39 is 0 Å². The van der Waals surface area contributed by atoms with Crippen molar-refractivity contribution in [1.82, 2.24) is 9.78 Å². The average molecular weight is 315 g/mol. The number of aryl methyl sites for hydroxylation is 1. The van der Waals surface area contributed by atoms with Crippen LogP contribution in [0.25, 0.3) is 0 Å². The van der Waals surface area contributed by atoms with Gasteiger partial charge in [-0.2, -0.15) is 5.10 Å². The third-order valence-corrected chi connectivity index (χ3v) is 4.47. The summed E-state index contributed by atoms with van der Waals surface area (Å²) < 4.78 is 1.91. The molecule has 5 nitrogen and oxygen atoms in total. The highest BCUT2D eigenvalue weighted by Crippen LogP contribution is 2.30. The van der Waals surface area contributed by atoms with Crippen molar-refractivity contribution < 1.29 is 0 Å². The van der Waals surface area contributed by atoms with Crippen molar-refractivity contribution in [2.45, 2.75) is 25.8 Å². The fourth-order valence-corrected chi connectivity index (χ4v) is 3.20. The summed E-state index contributed by atoms with van der Waals surface area (Å²) in [6.07, 6.45) is 4.06. The van der Waals surface area contributed by atoms with E-state index in [1.807, 2.05) is 0 Å². The quantitative estimate of drug-likeness (QED) is 0.888. The fourth-order valence-electron chi connectivity index (χ4n) is 2.61. The summed E-state index contributed by atoms with van der Waals surface area (Å²) in [4.78, 5) is 14.1. The van der Waals surface area contributed by atoms with Crippen LogP contribution in [-0.2, 0) is 7.05 Å². The summed E-state index contributed by atoms with van der Waals surface area (Å²) in [5.74, 6) is 0.541. The molecule has 1 aromatic rings. The molecule has 0 aromatic carbocycles. The van der Waals surface area contributed by atoms with E-state index in [1.165, 1.54) is 11.1 Å². The van der Waals surface area contributed by atoms with Crippen LogP contribution in [0, 0.1) is 5.92 Å². The molecular weight excluding hydrogens is 296 g/mol. The van der Waals surface area contributed by atoms with E-state index in [-0.39, 0.29) is 11.6 Å². The van der Waals surface area contributed by atoms with E-state index >= 15 is 0 Å². The summed E-state index contributed by atoms with van der Waals surface area (Å²) in [6.45, 7) is 3.74. The van der Waals surface area contributed by atoms with E-state index in [2.05, 4.69) is 32.9 Å². The molecule has 0 radical (unpaired) electrons. The third-order valence-electron chi connectivity index (χ3n) is 3.73. The van der Waals surface area contributed by atoms with Crippen LogP contribution in [0.5, 0.6) is 0 Å². The first-order valence-electron chi connectivity index (χ1n) is 6.24. The number of nitrogens with two attached hydrogens (primary N) is 1. The molecule has 0 saturated carbocycles. The highest BCUT2D eigenvalue weighted by Gasteiger charge is 2.29. The van der Waals surface area contributed by atoms with Gasteiger partial charge in [-0.1, -0.05) is 6.92 Å². The molecule has 0 aliphatic carbocycles. The SMILES string of the molecule is CC1CCCN(c2cnn(C)c(=O)c2Br)C1CN. The number of nitrogens with zero attached hydrogens (tertiary/aromatic N) is 3. The minimum Gasteiger partial charge on any atom is -0.365 e. The van der Waals surface area contributed by atoms with Crippen molar-refractivity contribution in [3.63, 3.8) is 0 Å². The van der Waals surface area contributed by atoms with E-state index in [4.69, 9.17) is 5.73 Å². The number of halogens is 1. The van der Waals surface area contributed by atoms with Gasteiger partial charge in [-0.25, -0.2) is 4.68 Å². The molecule has 0 bridgehead atoms. The zero-order chi connectivity index (χ0) is 13.3. The van der Waals surface area contributed by atoms with Gasteiger partial charge in [-0.3, -0.25) is 4.79 Å². The highest BCUT2D eigenvalue weighted by molar-refractivity contribution is 9.10. The Morgan fingerprint density at radius 1 is 1.61 bits per heavy atom. The lowest BCUT2D eigenvalue weighted by molar-refractivity contribution is 0.349. The normalized spacial score (nSPS) is 24.3. The zero-order valence-electron chi connectivity index (χ0n) is 10.8. The first-order chi connectivity index (χ1) is 8.56. The van der Waals surface area contributed by atoms with Crippen molar-refractivity contribution >= 4 is 21.6 Å². The van der Waals surface area contributed by atoms with Gasteiger partial charge in [0, 0.05) is 26.2 Å². The maximum absolute atomic E-state index is 11.9. The summed E-state index contributed by atoms with van der Waals surface area (Å²) in [6, 6.07) is 0.281. The van der Waals surface area contributed by atoms with Gasteiger partial charge in [-0.05, 0) is 34.7 Å². The van der Waals surface area contributed by atoms with Crippen molar-refractivity contribution in [1.29, 1.82) is 0 Å². The monoisotopic (exact) mass is 314 g/mol. The second-order valence-corrected chi connectivity index (χ2v) is 5.68. The molecule has 6 heteroatoms. The van der Waals surface area contributed by atoms with Crippen LogP contribution in [0.4, 0.5) is 5.69 Å².